The molecule has 2 aromatic rings. The summed E-state index contributed by atoms with van der Waals surface area (Å²) in [5.41, 5.74) is 2.82. The third-order valence-corrected chi connectivity index (χ3v) is 6.80. The summed E-state index contributed by atoms with van der Waals surface area (Å²) in [6.07, 6.45) is 3.10. The van der Waals surface area contributed by atoms with Gasteiger partial charge in [-0.3, -0.25) is 9.59 Å². The van der Waals surface area contributed by atoms with Crippen LogP contribution in [0.25, 0.3) is 0 Å². The first-order valence-corrected chi connectivity index (χ1v) is 11.5. The summed E-state index contributed by atoms with van der Waals surface area (Å²) in [4.78, 5) is 33.7. The number of hydrogen-bond donors (Lipinski definition) is 2. The second kappa shape index (κ2) is 8.68. The van der Waals surface area contributed by atoms with Crippen LogP contribution in [-0.4, -0.2) is 27.6 Å². The maximum atomic E-state index is 13.2. The van der Waals surface area contributed by atoms with Crippen molar-refractivity contribution in [3.63, 3.8) is 0 Å². The Morgan fingerprint density at radius 3 is 2.67 bits per heavy atom. The minimum absolute atomic E-state index is 0.103. The first kappa shape index (κ1) is 20.7. The summed E-state index contributed by atoms with van der Waals surface area (Å²) >= 11 is 1.56. The number of carbonyl (C=O) groups excluding carboxylic acids is 1. The van der Waals surface area contributed by atoms with E-state index in [1.54, 1.807) is 11.8 Å². The fourth-order valence-electron chi connectivity index (χ4n) is 4.03. The number of ether oxygens (including phenoxy) is 1. The standard InChI is InChI=1S/C23H27N3O3S/c1-4-13(3)30-23-25-21-20(22(28)26-23)18(14-9-11-15(12-10-14)29-5-2)19-16(24-21)7-6-8-17(19)27/h9-13,18H,4-8H2,1-3H3,(H2,24,25,26,28). The van der Waals surface area contributed by atoms with E-state index in [2.05, 4.69) is 24.1 Å². The fraction of sp³-hybridized carbons (Fsp3) is 0.435. The molecule has 7 heteroatoms. The largest absolute Gasteiger partial charge is 0.494 e. The summed E-state index contributed by atoms with van der Waals surface area (Å²) in [5.74, 6) is 1.02. The Balaban J connectivity index is 1.83. The number of rotatable bonds is 6. The van der Waals surface area contributed by atoms with Gasteiger partial charge in [0, 0.05) is 28.9 Å². The molecule has 2 aliphatic rings. The van der Waals surface area contributed by atoms with Crippen LogP contribution in [0.15, 0.2) is 45.5 Å². The number of anilines is 1. The number of aromatic nitrogens is 2. The van der Waals surface area contributed by atoms with Crippen LogP contribution in [-0.2, 0) is 4.79 Å². The monoisotopic (exact) mass is 425 g/mol. The van der Waals surface area contributed by atoms with Gasteiger partial charge in [0.25, 0.3) is 5.56 Å². The normalized spacial score (nSPS) is 19.0. The van der Waals surface area contributed by atoms with E-state index in [0.29, 0.717) is 40.4 Å². The van der Waals surface area contributed by atoms with E-state index in [0.717, 1.165) is 36.3 Å². The van der Waals surface area contributed by atoms with Gasteiger partial charge in [0.2, 0.25) is 0 Å². The van der Waals surface area contributed by atoms with Crippen LogP contribution in [0.1, 0.15) is 63.5 Å². The zero-order valence-electron chi connectivity index (χ0n) is 17.6. The first-order valence-electron chi connectivity index (χ1n) is 10.6. The molecular formula is C23H27N3O3S. The number of allylic oxidation sites excluding steroid dienone is 2. The van der Waals surface area contributed by atoms with Crippen molar-refractivity contribution in [2.24, 2.45) is 0 Å². The predicted octanol–water partition coefficient (Wildman–Crippen LogP) is 4.62. The molecule has 0 amide bonds. The topological polar surface area (TPSA) is 84.1 Å². The molecular weight excluding hydrogens is 398 g/mol. The predicted molar refractivity (Wildman–Crippen MR) is 119 cm³/mol. The molecule has 2 atom stereocenters. The van der Waals surface area contributed by atoms with Gasteiger partial charge in [0.15, 0.2) is 10.9 Å². The lowest BCUT2D eigenvalue weighted by atomic mass is 9.76. The molecule has 1 aliphatic heterocycles. The van der Waals surface area contributed by atoms with Gasteiger partial charge in [-0.2, -0.15) is 0 Å². The number of H-pyrrole nitrogens is 1. The number of aromatic amines is 1. The Morgan fingerprint density at radius 1 is 1.20 bits per heavy atom. The number of benzene rings is 1. The Labute approximate surface area is 180 Å². The molecule has 0 saturated heterocycles. The average Bonchev–Trinajstić information content (AvgIpc) is 2.73. The third kappa shape index (κ3) is 3.90. The van der Waals surface area contributed by atoms with Crippen LogP contribution in [0.5, 0.6) is 5.75 Å². The number of hydrogen-bond acceptors (Lipinski definition) is 6. The van der Waals surface area contributed by atoms with Gasteiger partial charge in [-0.05, 0) is 43.9 Å². The van der Waals surface area contributed by atoms with Crippen molar-refractivity contribution in [3.05, 3.63) is 57.0 Å². The maximum absolute atomic E-state index is 13.2. The molecule has 1 aromatic carbocycles. The number of nitrogens with zero attached hydrogens (tertiary/aromatic N) is 1. The summed E-state index contributed by atoms with van der Waals surface area (Å²) in [5, 5.41) is 4.28. The Bertz CT molecular complexity index is 1040. The maximum Gasteiger partial charge on any atom is 0.257 e. The highest BCUT2D eigenvalue weighted by Gasteiger charge is 2.37. The number of fused-ring (bicyclic) bond motifs is 1. The van der Waals surface area contributed by atoms with E-state index in [4.69, 9.17) is 9.72 Å². The van der Waals surface area contributed by atoms with Gasteiger partial charge in [-0.25, -0.2) is 4.98 Å². The van der Waals surface area contributed by atoms with E-state index >= 15 is 0 Å². The molecule has 0 bridgehead atoms. The van der Waals surface area contributed by atoms with Gasteiger partial charge in [-0.1, -0.05) is 37.7 Å². The minimum atomic E-state index is -0.418. The molecule has 6 nitrogen and oxygen atoms in total. The van der Waals surface area contributed by atoms with Crippen LogP contribution >= 0.6 is 11.8 Å². The van der Waals surface area contributed by atoms with Gasteiger partial charge >= 0.3 is 0 Å². The molecule has 0 saturated carbocycles. The number of Topliss-reactive ketones (excluding diaryl/α,β-unsaturated/α-hetero) is 1. The average molecular weight is 426 g/mol. The minimum Gasteiger partial charge on any atom is -0.494 e. The van der Waals surface area contributed by atoms with E-state index in [-0.39, 0.29) is 11.3 Å². The van der Waals surface area contributed by atoms with Gasteiger partial charge in [-0.15, -0.1) is 0 Å². The second-order valence-corrected chi connectivity index (χ2v) is 9.13. The number of ketones is 1. The van der Waals surface area contributed by atoms with Crippen LogP contribution in [0.2, 0.25) is 0 Å². The zero-order chi connectivity index (χ0) is 21.3. The summed E-state index contributed by atoms with van der Waals surface area (Å²) in [6, 6.07) is 7.67. The van der Waals surface area contributed by atoms with E-state index < -0.39 is 5.92 Å². The summed E-state index contributed by atoms with van der Waals surface area (Å²) in [7, 11) is 0. The van der Waals surface area contributed by atoms with Crippen molar-refractivity contribution in [1.82, 2.24) is 9.97 Å². The number of nitrogens with one attached hydrogen (secondary N) is 2. The van der Waals surface area contributed by atoms with Gasteiger partial charge < -0.3 is 15.0 Å². The lowest BCUT2D eigenvalue weighted by Gasteiger charge is -2.32. The lowest BCUT2D eigenvalue weighted by molar-refractivity contribution is -0.116. The molecule has 1 aromatic heterocycles. The van der Waals surface area contributed by atoms with Crippen LogP contribution < -0.4 is 15.6 Å². The van der Waals surface area contributed by atoms with Crippen molar-refractivity contribution in [2.45, 2.75) is 62.8 Å². The van der Waals surface area contributed by atoms with E-state index in [9.17, 15) is 9.59 Å². The number of carbonyl (C=O) groups is 1. The molecule has 4 rings (SSSR count). The smallest absolute Gasteiger partial charge is 0.257 e. The highest BCUT2D eigenvalue weighted by atomic mass is 32.2. The first-order chi connectivity index (χ1) is 14.5. The SMILES string of the molecule is CCOc1ccc(C2C3=C(CCCC3=O)Nc3nc(SC(C)CC)[nH]c(=O)c32)cc1. The lowest BCUT2D eigenvalue weighted by Crippen LogP contribution is -2.32. The molecule has 1 aliphatic carbocycles. The quantitative estimate of drug-likeness (QED) is 0.519. The zero-order valence-corrected chi connectivity index (χ0v) is 18.4. The van der Waals surface area contributed by atoms with Gasteiger partial charge in [0.1, 0.15) is 11.6 Å². The summed E-state index contributed by atoms with van der Waals surface area (Å²) < 4.78 is 5.56. The van der Waals surface area contributed by atoms with Crippen LogP contribution in [0.3, 0.4) is 0 Å². The summed E-state index contributed by atoms with van der Waals surface area (Å²) in [6.45, 7) is 6.75. The molecule has 2 unspecified atom stereocenters. The molecule has 0 radical (unpaired) electrons. The Morgan fingerprint density at radius 2 is 1.97 bits per heavy atom. The molecule has 30 heavy (non-hydrogen) atoms. The highest BCUT2D eigenvalue weighted by Crippen LogP contribution is 2.43. The van der Waals surface area contributed by atoms with Crippen molar-refractivity contribution < 1.29 is 9.53 Å². The van der Waals surface area contributed by atoms with E-state index in [1.165, 1.54) is 0 Å². The van der Waals surface area contributed by atoms with Crippen molar-refractivity contribution in [1.29, 1.82) is 0 Å². The van der Waals surface area contributed by atoms with Crippen molar-refractivity contribution in [2.75, 3.05) is 11.9 Å². The van der Waals surface area contributed by atoms with Crippen LogP contribution in [0, 0.1) is 0 Å². The van der Waals surface area contributed by atoms with Crippen molar-refractivity contribution in [3.8, 4) is 5.75 Å². The Kier molecular flexibility index (Phi) is 5.99. The number of thioether (sulfide) groups is 1. The third-order valence-electron chi connectivity index (χ3n) is 5.65. The van der Waals surface area contributed by atoms with Crippen molar-refractivity contribution >= 4 is 23.4 Å². The molecule has 2 N–H and O–H groups in total. The molecule has 0 fully saturated rings. The van der Waals surface area contributed by atoms with Gasteiger partial charge in [0.05, 0.1) is 12.2 Å². The molecule has 158 valence electrons. The molecule has 2 heterocycles. The second-order valence-electron chi connectivity index (χ2n) is 7.70. The van der Waals surface area contributed by atoms with Crippen LogP contribution in [0.4, 0.5) is 5.82 Å². The Hall–Kier alpha value is -2.54. The van der Waals surface area contributed by atoms with E-state index in [1.807, 2.05) is 31.2 Å². The molecule has 0 spiro atoms. The highest BCUT2D eigenvalue weighted by molar-refractivity contribution is 7.99. The fourth-order valence-corrected chi connectivity index (χ4v) is 4.87.